The van der Waals surface area contributed by atoms with Crippen LogP contribution in [0.25, 0.3) is 0 Å². The van der Waals surface area contributed by atoms with Gasteiger partial charge in [-0.25, -0.2) is 0 Å². The lowest BCUT2D eigenvalue weighted by Crippen LogP contribution is -2.46. The lowest BCUT2D eigenvalue weighted by molar-refractivity contribution is 0.157. The van der Waals surface area contributed by atoms with E-state index in [4.69, 9.17) is 0 Å². The minimum Gasteiger partial charge on any atom is -0.314 e. The molecule has 0 aliphatic carbocycles. The zero-order valence-corrected chi connectivity index (χ0v) is 12.2. The zero-order chi connectivity index (χ0) is 12.8. The largest absolute Gasteiger partial charge is 0.314 e. The molecule has 0 aromatic carbocycles. The number of piperazine rings is 1. The van der Waals surface area contributed by atoms with E-state index in [9.17, 15) is 0 Å². The Kier molecular flexibility index (Phi) is 5.89. The molecule has 4 heteroatoms. The average molecular weight is 254 g/mol. The molecule has 0 unspecified atom stereocenters. The number of nitrogens with one attached hydrogen (secondary N) is 1. The van der Waals surface area contributed by atoms with Crippen molar-refractivity contribution < 1.29 is 0 Å². The standard InChI is InChI=1S/C14H30N4/c1-16-7-3-14(4-8-16)13-17(2)11-12-18-9-5-15-6-10-18/h14-15H,3-13H2,1-2H3. The van der Waals surface area contributed by atoms with Crippen LogP contribution in [0, 0.1) is 5.92 Å². The second-order valence-corrected chi connectivity index (χ2v) is 6.10. The van der Waals surface area contributed by atoms with Crippen LogP contribution in [-0.2, 0) is 0 Å². The summed E-state index contributed by atoms with van der Waals surface area (Å²) in [6.07, 6.45) is 2.77. The average Bonchev–Trinajstić information content (AvgIpc) is 2.40. The van der Waals surface area contributed by atoms with Gasteiger partial charge in [-0.15, -0.1) is 0 Å². The third-order valence-corrected chi connectivity index (χ3v) is 4.42. The molecule has 0 amide bonds. The molecular weight excluding hydrogens is 224 g/mol. The number of hydrogen-bond donors (Lipinski definition) is 1. The van der Waals surface area contributed by atoms with Gasteiger partial charge in [-0.2, -0.15) is 0 Å². The first kappa shape index (κ1) is 14.3. The highest BCUT2D eigenvalue weighted by molar-refractivity contribution is 4.74. The third kappa shape index (κ3) is 4.84. The smallest absolute Gasteiger partial charge is 0.0110 e. The molecule has 0 radical (unpaired) electrons. The Morgan fingerprint density at radius 1 is 1.11 bits per heavy atom. The molecule has 1 N–H and O–H groups in total. The monoisotopic (exact) mass is 254 g/mol. The van der Waals surface area contributed by atoms with Crippen molar-refractivity contribution in [2.75, 3.05) is 73.0 Å². The Balaban J connectivity index is 1.58. The van der Waals surface area contributed by atoms with Crippen LogP contribution >= 0.6 is 0 Å². The van der Waals surface area contributed by atoms with Crippen molar-refractivity contribution in [3.05, 3.63) is 0 Å². The minimum atomic E-state index is 0.925. The molecule has 0 spiro atoms. The molecular formula is C14H30N4. The maximum absolute atomic E-state index is 3.41. The Labute approximate surface area is 112 Å². The quantitative estimate of drug-likeness (QED) is 0.755. The van der Waals surface area contributed by atoms with Crippen molar-refractivity contribution in [1.29, 1.82) is 0 Å². The summed E-state index contributed by atoms with van der Waals surface area (Å²) in [7, 11) is 4.53. The van der Waals surface area contributed by atoms with E-state index >= 15 is 0 Å². The van der Waals surface area contributed by atoms with Crippen molar-refractivity contribution in [3.63, 3.8) is 0 Å². The Hall–Kier alpha value is -0.160. The summed E-state index contributed by atoms with van der Waals surface area (Å²) >= 11 is 0. The van der Waals surface area contributed by atoms with E-state index < -0.39 is 0 Å². The van der Waals surface area contributed by atoms with Gasteiger partial charge >= 0.3 is 0 Å². The number of likely N-dealkylation sites (N-methyl/N-ethyl adjacent to an activating group) is 1. The predicted octanol–water partition coefficient (Wildman–Crippen LogP) is 0.165. The van der Waals surface area contributed by atoms with Crippen molar-refractivity contribution in [3.8, 4) is 0 Å². The van der Waals surface area contributed by atoms with Crippen LogP contribution in [0.4, 0.5) is 0 Å². The summed E-state index contributed by atoms with van der Waals surface area (Å²) in [4.78, 5) is 7.58. The lowest BCUT2D eigenvalue weighted by atomic mass is 9.97. The van der Waals surface area contributed by atoms with Crippen molar-refractivity contribution in [1.82, 2.24) is 20.0 Å². The topological polar surface area (TPSA) is 21.8 Å². The summed E-state index contributed by atoms with van der Waals surface area (Å²) in [6.45, 7) is 11.1. The first-order chi connectivity index (χ1) is 8.74. The molecule has 2 saturated heterocycles. The highest BCUT2D eigenvalue weighted by Gasteiger charge is 2.18. The molecule has 2 fully saturated rings. The highest BCUT2D eigenvalue weighted by Crippen LogP contribution is 2.16. The number of likely N-dealkylation sites (tertiary alicyclic amines) is 1. The van der Waals surface area contributed by atoms with E-state index in [1.54, 1.807) is 0 Å². The van der Waals surface area contributed by atoms with Crippen LogP contribution in [0.5, 0.6) is 0 Å². The van der Waals surface area contributed by atoms with E-state index in [0.29, 0.717) is 0 Å². The number of nitrogens with zero attached hydrogens (tertiary/aromatic N) is 3. The van der Waals surface area contributed by atoms with Gasteiger partial charge in [0.25, 0.3) is 0 Å². The minimum absolute atomic E-state index is 0.925. The summed E-state index contributed by atoms with van der Waals surface area (Å²) in [5.74, 6) is 0.925. The summed E-state index contributed by atoms with van der Waals surface area (Å²) in [5, 5.41) is 3.41. The van der Waals surface area contributed by atoms with Gasteiger partial charge in [-0.1, -0.05) is 0 Å². The van der Waals surface area contributed by atoms with Crippen molar-refractivity contribution >= 4 is 0 Å². The van der Waals surface area contributed by atoms with E-state index in [0.717, 1.165) is 5.92 Å². The normalized spacial score (nSPS) is 24.8. The fraction of sp³-hybridized carbons (Fsp3) is 1.00. The molecule has 106 valence electrons. The molecule has 0 saturated carbocycles. The van der Waals surface area contributed by atoms with E-state index in [2.05, 4.69) is 34.1 Å². The van der Waals surface area contributed by atoms with Gasteiger partial charge in [0.05, 0.1) is 0 Å². The fourth-order valence-electron chi connectivity index (χ4n) is 3.02. The summed E-state index contributed by atoms with van der Waals surface area (Å²) in [5.41, 5.74) is 0. The Morgan fingerprint density at radius 2 is 1.78 bits per heavy atom. The number of piperidine rings is 1. The van der Waals surface area contributed by atoms with Gasteiger partial charge in [-0.05, 0) is 45.9 Å². The van der Waals surface area contributed by atoms with Gasteiger partial charge in [-0.3, -0.25) is 4.90 Å². The van der Waals surface area contributed by atoms with Crippen LogP contribution in [0.15, 0.2) is 0 Å². The Morgan fingerprint density at radius 3 is 2.44 bits per heavy atom. The summed E-state index contributed by atoms with van der Waals surface area (Å²) in [6, 6.07) is 0. The van der Waals surface area contributed by atoms with Gasteiger partial charge in [0.1, 0.15) is 0 Å². The summed E-state index contributed by atoms with van der Waals surface area (Å²) < 4.78 is 0. The maximum Gasteiger partial charge on any atom is 0.0110 e. The Bertz CT molecular complexity index is 220. The van der Waals surface area contributed by atoms with Crippen molar-refractivity contribution in [2.45, 2.75) is 12.8 Å². The van der Waals surface area contributed by atoms with Crippen LogP contribution in [0.2, 0.25) is 0 Å². The van der Waals surface area contributed by atoms with E-state index in [-0.39, 0.29) is 0 Å². The SMILES string of the molecule is CN1CCC(CN(C)CCN2CCNCC2)CC1. The van der Waals surface area contributed by atoms with Crippen LogP contribution < -0.4 is 5.32 Å². The lowest BCUT2D eigenvalue weighted by Gasteiger charge is -2.33. The molecule has 0 aromatic heterocycles. The van der Waals surface area contributed by atoms with Gasteiger partial charge < -0.3 is 15.1 Å². The number of hydrogen-bond acceptors (Lipinski definition) is 4. The first-order valence-electron chi connectivity index (χ1n) is 7.54. The van der Waals surface area contributed by atoms with Crippen molar-refractivity contribution in [2.24, 2.45) is 5.92 Å². The van der Waals surface area contributed by atoms with E-state index in [1.807, 2.05) is 0 Å². The predicted molar refractivity (Wildman–Crippen MR) is 77.0 cm³/mol. The van der Waals surface area contributed by atoms with E-state index in [1.165, 1.54) is 71.7 Å². The molecule has 0 atom stereocenters. The van der Waals surface area contributed by atoms with Gasteiger partial charge in [0.15, 0.2) is 0 Å². The zero-order valence-electron chi connectivity index (χ0n) is 12.2. The molecule has 2 aliphatic heterocycles. The maximum atomic E-state index is 3.41. The highest BCUT2D eigenvalue weighted by atomic mass is 15.2. The molecule has 2 rings (SSSR count). The molecule has 4 nitrogen and oxygen atoms in total. The second kappa shape index (κ2) is 7.43. The van der Waals surface area contributed by atoms with Crippen LogP contribution in [-0.4, -0.2) is 87.7 Å². The second-order valence-electron chi connectivity index (χ2n) is 6.10. The first-order valence-corrected chi connectivity index (χ1v) is 7.54. The molecule has 18 heavy (non-hydrogen) atoms. The molecule has 2 aliphatic rings. The fourth-order valence-corrected chi connectivity index (χ4v) is 3.02. The van der Waals surface area contributed by atoms with Crippen LogP contribution in [0.1, 0.15) is 12.8 Å². The third-order valence-electron chi connectivity index (χ3n) is 4.42. The molecule has 0 bridgehead atoms. The van der Waals surface area contributed by atoms with Crippen LogP contribution in [0.3, 0.4) is 0 Å². The number of rotatable bonds is 5. The molecule has 2 heterocycles. The molecule has 0 aromatic rings. The van der Waals surface area contributed by atoms with Gasteiger partial charge in [0, 0.05) is 45.8 Å². The van der Waals surface area contributed by atoms with Gasteiger partial charge in [0.2, 0.25) is 0 Å².